The van der Waals surface area contributed by atoms with Crippen LogP contribution >= 0.6 is 0 Å². The van der Waals surface area contributed by atoms with Gasteiger partial charge in [-0.2, -0.15) is 13.2 Å². The highest BCUT2D eigenvalue weighted by Gasteiger charge is 2.50. The number of pyridine rings is 1. The summed E-state index contributed by atoms with van der Waals surface area (Å²) in [6.07, 6.45) is 1.13. The summed E-state index contributed by atoms with van der Waals surface area (Å²) in [4.78, 5) is 17.2. The third kappa shape index (κ3) is 4.99. The number of rotatable bonds is 5. The highest BCUT2D eigenvalue weighted by Crippen LogP contribution is 2.54. The summed E-state index contributed by atoms with van der Waals surface area (Å²) in [6.45, 7) is 3.98. The Morgan fingerprint density at radius 1 is 1.26 bits per heavy atom. The molecule has 2 N–H and O–H groups in total. The van der Waals surface area contributed by atoms with Crippen LogP contribution in [0.1, 0.15) is 85.5 Å². The maximum Gasteiger partial charge on any atom is 0.389 e. The van der Waals surface area contributed by atoms with Gasteiger partial charge in [0.1, 0.15) is 0 Å². The molecular formula is C27H33F3N2O2. The lowest BCUT2D eigenvalue weighted by molar-refractivity contribution is -0.153. The highest BCUT2D eigenvalue weighted by molar-refractivity contribution is 6.04. The standard InChI is InChI=1S/C27H33F3N2O2/c1-3-26-13-11-25(34,12-14-27(28,29)30)17-21(26)7-4-6-19-16-20(9-10-22(19)26)24(33)32-23-8-5-15-31-18(23)2/h5,8-10,15-16,21,34H,3-4,6-7,11-14,17H2,1-2H3,(H,32,33)/t21-,25-,26+/m1/s1. The average Bonchev–Trinajstić information content (AvgIpc) is 2.95. The summed E-state index contributed by atoms with van der Waals surface area (Å²) < 4.78 is 38.5. The number of hydrogen-bond acceptors (Lipinski definition) is 3. The monoisotopic (exact) mass is 474 g/mol. The lowest BCUT2D eigenvalue weighted by Crippen LogP contribution is -2.48. The van der Waals surface area contributed by atoms with E-state index in [2.05, 4.69) is 17.2 Å². The molecule has 4 nitrogen and oxygen atoms in total. The molecule has 0 unspecified atom stereocenters. The van der Waals surface area contributed by atoms with Gasteiger partial charge in [-0.3, -0.25) is 9.78 Å². The molecule has 0 radical (unpaired) electrons. The largest absolute Gasteiger partial charge is 0.390 e. The van der Waals surface area contributed by atoms with Crippen molar-refractivity contribution in [3.05, 3.63) is 58.9 Å². The molecule has 0 bridgehead atoms. The van der Waals surface area contributed by atoms with Gasteiger partial charge in [-0.05, 0) is 105 Å². The molecule has 2 aliphatic rings. The number of anilines is 1. The second kappa shape index (κ2) is 9.33. The van der Waals surface area contributed by atoms with Crippen LogP contribution in [0.5, 0.6) is 0 Å². The Hall–Kier alpha value is -2.41. The summed E-state index contributed by atoms with van der Waals surface area (Å²) in [5, 5.41) is 14.0. The van der Waals surface area contributed by atoms with Crippen molar-refractivity contribution >= 4 is 11.6 Å². The molecule has 1 fully saturated rings. The minimum Gasteiger partial charge on any atom is -0.390 e. The van der Waals surface area contributed by atoms with E-state index in [1.54, 1.807) is 12.3 Å². The topological polar surface area (TPSA) is 62.2 Å². The van der Waals surface area contributed by atoms with Crippen LogP contribution in [0, 0.1) is 12.8 Å². The first-order valence-corrected chi connectivity index (χ1v) is 12.2. The number of hydrogen-bond donors (Lipinski definition) is 2. The molecular weight excluding hydrogens is 441 g/mol. The zero-order chi connectivity index (χ0) is 24.6. The van der Waals surface area contributed by atoms with Crippen LogP contribution in [0.15, 0.2) is 36.5 Å². The zero-order valence-corrected chi connectivity index (χ0v) is 19.8. The van der Waals surface area contributed by atoms with Crippen LogP contribution in [0.4, 0.5) is 18.9 Å². The van der Waals surface area contributed by atoms with Gasteiger partial charge in [0.25, 0.3) is 5.91 Å². The Kier molecular flexibility index (Phi) is 6.78. The van der Waals surface area contributed by atoms with E-state index in [-0.39, 0.29) is 23.7 Å². The quantitative estimate of drug-likeness (QED) is 0.520. The molecule has 2 aliphatic carbocycles. The van der Waals surface area contributed by atoms with Crippen molar-refractivity contribution in [3.8, 4) is 0 Å². The lowest BCUT2D eigenvalue weighted by atomic mass is 9.56. The van der Waals surface area contributed by atoms with E-state index in [4.69, 9.17) is 0 Å². The third-order valence-corrected chi connectivity index (χ3v) is 8.11. The Morgan fingerprint density at radius 2 is 2.06 bits per heavy atom. The molecule has 4 rings (SSSR count). The third-order valence-electron chi connectivity index (χ3n) is 8.11. The van der Waals surface area contributed by atoms with Gasteiger partial charge >= 0.3 is 6.18 Å². The number of nitrogens with one attached hydrogen (secondary N) is 1. The summed E-state index contributed by atoms with van der Waals surface area (Å²) in [5.41, 5.74) is 2.92. The number of aromatic nitrogens is 1. The van der Waals surface area contributed by atoms with Crippen LogP contribution in [0.25, 0.3) is 0 Å². The van der Waals surface area contributed by atoms with Crippen LogP contribution in [0.3, 0.4) is 0 Å². The fourth-order valence-electron chi connectivity index (χ4n) is 6.18. The minimum absolute atomic E-state index is 0.128. The fraction of sp³-hybridized carbons (Fsp3) is 0.556. The van der Waals surface area contributed by atoms with Gasteiger partial charge in [0.2, 0.25) is 0 Å². The van der Waals surface area contributed by atoms with Gasteiger partial charge in [0, 0.05) is 18.2 Å². The SMILES string of the molecule is CC[C@]12CC[C@@](O)(CCC(F)(F)F)C[C@H]1CCCc1cc(C(=O)Nc3cccnc3C)ccc12. The van der Waals surface area contributed by atoms with Crippen molar-refractivity contribution < 1.29 is 23.1 Å². The van der Waals surface area contributed by atoms with Gasteiger partial charge in [0.05, 0.1) is 17.0 Å². The van der Waals surface area contributed by atoms with Crippen LogP contribution in [-0.2, 0) is 11.8 Å². The number of alkyl halides is 3. The first-order valence-electron chi connectivity index (χ1n) is 12.2. The summed E-state index contributed by atoms with van der Waals surface area (Å²) in [6, 6.07) is 9.47. The highest BCUT2D eigenvalue weighted by atomic mass is 19.4. The molecule has 2 aromatic rings. The normalized spacial score (nSPS) is 26.8. The van der Waals surface area contributed by atoms with Crippen molar-refractivity contribution in [2.75, 3.05) is 5.32 Å². The first kappa shape index (κ1) is 24.7. The lowest BCUT2D eigenvalue weighted by Gasteiger charge is -2.50. The van der Waals surface area contributed by atoms with E-state index in [1.165, 1.54) is 5.56 Å². The predicted molar refractivity (Wildman–Crippen MR) is 126 cm³/mol. The number of carbonyl (C=O) groups excluding carboxylic acids is 1. The Morgan fingerprint density at radius 3 is 2.76 bits per heavy atom. The Labute approximate surface area is 199 Å². The number of benzene rings is 1. The number of halogens is 3. The van der Waals surface area contributed by atoms with Crippen molar-refractivity contribution in [2.24, 2.45) is 5.92 Å². The smallest absolute Gasteiger partial charge is 0.389 e. The van der Waals surface area contributed by atoms with Crippen molar-refractivity contribution in [2.45, 2.75) is 88.8 Å². The van der Waals surface area contributed by atoms with Crippen LogP contribution < -0.4 is 5.32 Å². The van der Waals surface area contributed by atoms with E-state index < -0.39 is 18.2 Å². The number of nitrogens with zero attached hydrogens (tertiary/aromatic N) is 1. The summed E-state index contributed by atoms with van der Waals surface area (Å²) >= 11 is 0. The van der Waals surface area contributed by atoms with Gasteiger partial charge < -0.3 is 10.4 Å². The molecule has 0 aliphatic heterocycles. The maximum atomic E-state index is 12.9. The number of amides is 1. The second-order valence-electron chi connectivity index (χ2n) is 10.1. The summed E-state index contributed by atoms with van der Waals surface area (Å²) in [5.74, 6) is -0.0566. The molecule has 0 spiro atoms. The van der Waals surface area contributed by atoms with Gasteiger partial charge in [-0.1, -0.05) is 13.0 Å². The van der Waals surface area contributed by atoms with E-state index in [0.29, 0.717) is 30.5 Å². The molecule has 34 heavy (non-hydrogen) atoms. The molecule has 3 atom stereocenters. The summed E-state index contributed by atoms with van der Waals surface area (Å²) in [7, 11) is 0. The number of aliphatic hydroxyl groups is 1. The Bertz CT molecular complexity index is 1050. The van der Waals surface area contributed by atoms with Crippen LogP contribution in [0.2, 0.25) is 0 Å². The second-order valence-corrected chi connectivity index (χ2v) is 10.1. The number of fused-ring (bicyclic) bond motifs is 3. The van der Waals surface area contributed by atoms with E-state index in [1.807, 2.05) is 31.2 Å². The molecule has 1 saturated carbocycles. The van der Waals surface area contributed by atoms with E-state index >= 15 is 0 Å². The minimum atomic E-state index is -4.25. The van der Waals surface area contributed by atoms with Crippen molar-refractivity contribution in [1.29, 1.82) is 0 Å². The molecule has 0 saturated heterocycles. The molecule has 1 aromatic carbocycles. The molecule has 1 aromatic heterocycles. The first-order chi connectivity index (χ1) is 16.1. The van der Waals surface area contributed by atoms with Crippen molar-refractivity contribution in [1.82, 2.24) is 4.98 Å². The van der Waals surface area contributed by atoms with Crippen molar-refractivity contribution in [3.63, 3.8) is 0 Å². The molecule has 7 heteroatoms. The number of carbonyl (C=O) groups is 1. The zero-order valence-electron chi connectivity index (χ0n) is 19.8. The van der Waals surface area contributed by atoms with Gasteiger partial charge in [-0.25, -0.2) is 0 Å². The van der Waals surface area contributed by atoms with E-state index in [0.717, 1.165) is 36.9 Å². The van der Waals surface area contributed by atoms with Gasteiger partial charge in [-0.15, -0.1) is 0 Å². The van der Waals surface area contributed by atoms with Gasteiger partial charge in [0.15, 0.2) is 0 Å². The Balaban J connectivity index is 1.58. The molecule has 1 heterocycles. The van der Waals surface area contributed by atoms with E-state index in [9.17, 15) is 23.1 Å². The molecule has 184 valence electrons. The predicted octanol–water partition coefficient (Wildman–Crippen LogP) is 6.50. The fourth-order valence-corrected chi connectivity index (χ4v) is 6.18. The average molecular weight is 475 g/mol. The molecule has 1 amide bonds. The maximum absolute atomic E-state index is 12.9. The number of aryl methyl sites for hydroxylation is 2. The van der Waals surface area contributed by atoms with Crippen LogP contribution in [-0.4, -0.2) is 27.8 Å².